The monoisotopic (exact) mass is 218 g/mol. The van der Waals surface area contributed by atoms with Gasteiger partial charge in [-0.2, -0.15) is 4.52 Å². The van der Waals surface area contributed by atoms with Gasteiger partial charge in [0.1, 0.15) is 12.1 Å². The van der Waals surface area contributed by atoms with Crippen molar-refractivity contribution in [2.45, 2.75) is 18.9 Å². The molecule has 0 amide bonds. The van der Waals surface area contributed by atoms with E-state index >= 15 is 0 Å². The van der Waals surface area contributed by atoms with Crippen LogP contribution in [0.4, 0.5) is 5.82 Å². The Hall–Kier alpha value is -1.69. The lowest BCUT2D eigenvalue weighted by Crippen LogP contribution is -2.43. The van der Waals surface area contributed by atoms with Gasteiger partial charge in [0, 0.05) is 19.1 Å². The summed E-state index contributed by atoms with van der Waals surface area (Å²) in [5, 5.41) is 12.2. The summed E-state index contributed by atoms with van der Waals surface area (Å²) in [6.07, 6.45) is 3.84. The number of nitrogens with zero attached hydrogens (tertiary/aromatic N) is 5. The number of aromatic nitrogens is 4. The van der Waals surface area contributed by atoms with Gasteiger partial charge < -0.3 is 10.6 Å². The van der Waals surface area contributed by atoms with E-state index in [0.717, 1.165) is 37.4 Å². The average molecular weight is 218 g/mol. The van der Waals surface area contributed by atoms with Crippen LogP contribution in [0.25, 0.3) is 5.65 Å². The SMILES string of the molecule is NC1CCCN(c2ccc3nncn3n2)C1. The van der Waals surface area contributed by atoms with Gasteiger partial charge in [-0.15, -0.1) is 15.3 Å². The molecule has 1 aliphatic rings. The Morgan fingerprint density at radius 2 is 2.31 bits per heavy atom. The second kappa shape index (κ2) is 3.71. The predicted molar refractivity (Wildman–Crippen MR) is 60.2 cm³/mol. The Morgan fingerprint density at radius 3 is 3.19 bits per heavy atom. The predicted octanol–water partition coefficient (Wildman–Crippen LogP) is 0.0518. The minimum absolute atomic E-state index is 0.257. The molecule has 1 aliphatic heterocycles. The topological polar surface area (TPSA) is 72.3 Å². The van der Waals surface area contributed by atoms with Crippen molar-refractivity contribution in [3.05, 3.63) is 18.5 Å². The van der Waals surface area contributed by atoms with Gasteiger partial charge in [-0.1, -0.05) is 0 Å². The standard InChI is InChI=1S/C10H14N6/c11-8-2-1-5-15(6-8)10-4-3-9-13-12-7-16(9)14-10/h3-4,7-8H,1-2,5-6,11H2. The minimum Gasteiger partial charge on any atom is -0.354 e. The van der Waals surface area contributed by atoms with Crippen molar-refractivity contribution < 1.29 is 0 Å². The molecule has 0 radical (unpaired) electrons. The fourth-order valence-electron chi connectivity index (χ4n) is 2.11. The normalized spacial score (nSPS) is 21.6. The first-order valence-electron chi connectivity index (χ1n) is 5.50. The van der Waals surface area contributed by atoms with Crippen LogP contribution in [0.1, 0.15) is 12.8 Å². The number of anilines is 1. The van der Waals surface area contributed by atoms with Gasteiger partial charge in [0.25, 0.3) is 0 Å². The van der Waals surface area contributed by atoms with Crippen molar-refractivity contribution in [2.24, 2.45) is 5.73 Å². The summed E-state index contributed by atoms with van der Waals surface area (Å²) in [4.78, 5) is 2.22. The van der Waals surface area contributed by atoms with Crippen LogP contribution in [0, 0.1) is 0 Å². The van der Waals surface area contributed by atoms with Crippen LogP contribution in [0.5, 0.6) is 0 Å². The summed E-state index contributed by atoms with van der Waals surface area (Å²) in [7, 11) is 0. The van der Waals surface area contributed by atoms with Crippen molar-refractivity contribution in [2.75, 3.05) is 18.0 Å². The zero-order valence-corrected chi connectivity index (χ0v) is 8.95. The van der Waals surface area contributed by atoms with Gasteiger partial charge in [-0.25, -0.2) is 0 Å². The van der Waals surface area contributed by atoms with E-state index < -0.39 is 0 Å². The van der Waals surface area contributed by atoms with E-state index in [1.807, 2.05) is 12.1 Å². The average Bonchev–Trinajstić information content (AvgIpc) is 2.75. The Balaban J connectivity index is 1.92. The molecule has 0 spiro atoms. The molecule has 16 heavy (non-hydrogen) atoms. The lowest BCUT2D eigenvalue weighted by molar-refractivity contribution is 0.501. The highest BCUT2D eigenvalue weighted by atomic mass is 15.4. The maximum atomic E-state index is 5.95. The second-order valence-electron chi connectivity index (χ2n) is 4.17. The van der Waals surface area contributed by atoms with E-state index in [1.54, 1.807) is 10.8 Å². The molecule has 1 unspecified atom stereocenters. The lowest BCUT2D eigenvalue weighted by atomic mass is 10.1. The van der Waals surface area contributed by atoms with Crippen molar-refractivity contribution in [3.63, 3.8) is 0 Å². The summed E-state index contributed by atoms with van der Waals surface area (Å²) in [5.41, 5.74) is 6.72. The molecule has 6 heteroatoms. The zero-order chi connectivity index (χ0) is 11.0. The zero-order valence-electron chi connectivity index (χ0n) is 8.95. The Bertz CT molecular complexity index is 493. The van der Waals surface area contributed by atoms with Crippen molar-refractivity contribution >= 4 is 11.5 Å². The fourth-order valence-corrected chi connectivity index (χ4v) is 2.11. The summed E-state index contributed by atoms with van der Waals surface area (Å²) >= 11 is 0. The number of piperidine rings is 1. The molecule has 1 fully saturated rings. The van der Waals surface area contributed by atoms with Crippen LogP contribution in [-0.2, 0) is 0 Å². The Kier molecular flexibility index (Phi) is 2.21. The number of hydrogen-bond acceptors (Lipinski definition) is 5. The number of rotatable bonds is 1. The molecule has 3 heterocycles. The van der Waals surface area contributed by atoms with Crippen LogP contribution >= 0.6 is 0 Å². The second-order valence-corrected chi connectivity index (χ2v) is 4.17. The van der Waals surface area contributed by atoms with E-state index in [2.05, 4.69) is 20.2 Å². The summed E-state index contributed by atoms with van der Waals surface area (Å²) < 4.78 is 1.69. The van der Waals surface area contributed by atoms with E-state index in [4.69, 9.17) is 5.73 Å². The maximum Gasteiger partial charge on any atom is 0.177 e. The highest BCUT2D eigenvalue weighted by Gasteiger charge is 2.18. The molecule has 1 atom stereocenters. The summed E-state index contributed by atoms with van der Waals surface area (Å²) in [5.74, 6) is 0.947. The third kappa shape index (κ3) is 1.61. The van der Waals surface area contributed by atoms with E-state index in [-0.39, 0.29) is 6.04 Å². The lowest BCUT2D eigenvalue weighted by Gasteiger charge is -2.31. The Labute approximate surface area is 93.1 Å². The smallest absolute Gasteiger partial charge is 0.177 e. The van der Waals surface area contributed by atoms with Gasteiger partial charge in [0.15, 0.2) is 5.65 Å². The fraction of sp³-hybridized carbons (Fsp3) is 0.500. The summed E-state index contributed by atoms with van der Waals surface area (Å²) in [6, 6.07) is 4.16. The molecule has 6 nitrogen and oxygen atoms in total. The largest absolute Gasteiger partial charge is 0.354 e. The molecule has 84 valence electrons. The molecule has 0 saturated carbocycles. The first-order valence-corrected chi connectivity index (χ1v) is 5.50. The molecule has 0 aromatic carbocycles. The molecular weight excluding hydrogens is 204 g/mol. The van der Waals surface area contributed by atoms with Crippen LogP contribution in [-0.4, -0.2) is 38.9 Å². The van der Waals surface area contributed by atoms with Crippen molar-refractivity contribution in [1.29, 1.82) is 0 Å². The molecule has 2 aromatic rings. The maximum absolute atomic E-state index is 5.95. The summed E-state index contributed by atoms with van der Waals surface area (Å²) in [6.45, 7) is 1.90. The van der Waals surface area contributed by atoms with Crippen molar-refractivity contribution in [3.8, 4) is 0 Å². The van der Waals surface area contributed by atoms with Gasteiger partial charge >= 0.3 is 0 Å². The molecular formula is C10H14N6. The number of hydrogen-bond donors (Lipinski definition) is 1. The van der Waals surface area contributed by atoms with Crippen LogP contribution in [0.2, 0.25) is 0 Å². The molecule has 0 aliphatic carbocycles. The van der Waals surface area contributed by atoms with Crippen molar-refractivity contribution in [1.82, 2.24) is 19.8 Å². The molecule has 3 rings (SSSR count). The van der Waals surface area contributed by atoms with E-state index in [1.165, 1.54) is 0 Å². The molecule has 2 aromatic heterocycles. The first kappa shape index (κ1) is 9.53. The van der Waals surface area contributed by atoms with Crippen LogP contribution in [0.3, 0.4) is 0 Å². The molecule has 2 N–H and O–H groups in total. The number of fused-ring (bicyclic) bond motifs is 1. The Morgan fingerprint density at radius 1 is 1.38 bits per heavy atom. The van der Waals surface area contributed by atoms with Gasteiger partial charge in [-0.3, -0.25) is 0 Å². The van der Waals surface area contributed by atoms with Gasteiger partial charge in [0.05, 0.1) is 0 Å². The quantitative estimate of drug-likeness (QED) is 0.732. The first-order chi connectivity index (χ1) is 7.83. The minimum atomic E-state index is 0.257. The third-order valence-corrected chi connectivity index (χ3v) is 2.93. The molecule has 1 saturated heterocycles. The van der Waals surface area contributed by atoms with E-state index in [0.29, 0.717) is 0 Å². The van der Waals surface area contributed by atoms with Crippen LogP contribution in [0.15, 0.2) is 18.5 Å². The van der Waals surface area contributed by atoms with Gasteiger partial charge in [0.2, 0.25) is 0 Å². The van der Waals surface area contributed by atoms with E-state index in [9.17, 15) is 0 Å². The van der Waals surface area contributed by atoms with Crippen LogP contribution < -0.4 is 10.6 Å². The number of nitrogens with two attached hydrogens (primary N) is 1. The third-order valence-electron chi connectivity index (χ3n) is 2.93. The highest BCUT2D eigenvalue weighted by Crippen LogP contribution is 2.16. The highest BCUT2D eigenvalue weighted by molar-refractivity contribution is 5.45. The van der Waals surface area contributed by atoms with Gasteiger partial charge in [-0.05, 0) is 25.0 Å². The molecule has 0 bridgehead atoms.